The van der Waals surface area contributed by atoms with Gasteiger partial charge in [0.1, 0.15) is 5.82 Å². The van der Waals surface area contributed by atoms with Gasteiger partial charge in [0.15, 0.2) is 6.10 Å². The van der Waals surface area contributed by atoms with Crippen molar-refractivity contribution in [1.29, 1.82) is 0 Å². The highest BCUT2D eigenvalue weighted by Crippen LogP contribution is 2.24. The third kappa shape index (κ3) is 7.41. The number of thioether (sulfide) groups is 1. The molecule has 0 heterocycles. The quantitative estimate of drug-likeness (QED) is 0.422. The lowest BCUT2D eigenvalue weighted by Crippen LogP contribution is -2.45. The Morgan fingerprint density at radius 3 is 2.32 bits per heavy atom. The number of benzene rings is 2. The molecule has 8 nitrogen and oxygen atoms in total. The molecule has 0 bridgehead atoms. The third-order valence-corrected chi connectivity index (χ3v) is 5.01. The van der Waals surface area contributed by atoms with Gasteiger partial charge in [-0.25, -0.2) is 14.0 Å². The van der Waals surface area contributed by atoms with Crippen molar-refractivity contribution in [3.63, 3.8) is 0 Å². The van der Waals surface area contributed by atoms with Crippen LogP contribution in [0.25, 0.3) is 0 Å². The van der Waals surface area contributed by atoms with Gasteiger partial charge in [-0.15, -0.1) is 11.8 Å². The molecule has 10 heteroatoms. The Kier molecular flexibility index (Phi) is 8.56. The molecule has 2 aromatic rings. The number of carbonyl (C=O) groups excluding carboxylic acids is 4. The van der Waals surface area contributed by atoms with E-state index in [1.807, 2.05) is 5.32 Å². The van der Waals surface area contributed by atoms with Crippen molar-refractivity contribution in [1.82, 2.24) is 5.32 Å². The Morgan fingerprint density at radius 1 is 1.06 bits per heavy atom. The molecular formula is C21H22FN3O5S. The predicted molar refractivity (Wildman–Crippen MR) is 114 cm³/mol. The summed E-state index contributed by atoms with van der Waals surface area (Å²) in [5, 5.41) is 4.53. The summed E-state index contributed by atoms with van der Waals surface area (Å²) in [7, 11) is 0. The Hall–Kier alpha value is -3.40. The normalized spacial score (nSPS) is 11.5. The van der Waals surface area contributed by atoms with Gasteiger partial charge in [0, 0.05) is 10.6 Å². The van der Waals surface area contributed by atoms with Crippen LogP contribution in [-0.2, 0) is 14.3 Å². The molecule has 0 aromatic heterocycles. The first-order valence-corrected chi connectivity index (χ1v) is 10.2. The lowest BCUT2D eigenvalue weighted by molar-refractivity contribution is -0.130. The van der Waals surface area contributed by atoms with E-state index in [0.29, 0.717) is 10.6 Å². The molecule has 0 aliphatic carbocycles. The van der Waals surface area contributed by atoms with E-state index in [2.05, 4.69) is 5.32 Å². The van der Waals surface area contributed by atoms with Crippen molar-refractivity contribution in [2.75, 3.05) is 11.1 Å². The van der Waals surface area contributed by atoms with Crippen molar-refractivity contribution in [2.24, 2.45) is 11.7 Å². The molecule has 4 N–H and O–H groups in total. The number of hydrogen-bond donors (Lipinski definition) is 3. The number of nitrogens with one attached hydrogen (secondary N) is 2. The summed E-state index contributed by atoms with van der Waals surface area (Å²) >= 11 is 1.10. The first-order chi connectivity index (χ1) is 14.7. The third-order valence-electron chi connectivity index (χ3n) is 3.94. The summed E-state index contributed by atoms with van der Waals surface area (Å²) in [5.41, 5.74) is 5.57. The number of carbonyl (C=O) groups is 4. The number of halogens is 1. The highest BCUT2D eigenvalue weighted by Gasteiger charge is 2.28. The first-order valence-electron chi connectivity index (χ1n) is 9.26. The maximum Gasteiger partial charge on any atom is 0.340 e. The monoisotopic (exact) mass is 447 g/mol. The second-order valence-corrected chi connectivity index (χ2v) is 7.78. The van der Waals surface area contributed by atoms with Crippen LogP contribution in [0, 0.1) is 11.7 Å². The molecule has 31 heavy (non-hydrogen) atoms. The number of amides is 4. The minimum Gasteiger partial charge on any atom is -0.448 e. The number of anilines is 1. The van der Waals surface area contributed by atoms with Crippen LogP contribution in [0.2, 0.25) is 0 Å². The van der Waals surface area contributed by atoms with E-state index in [-0.39, 0.29) is 17.2 Å². The molecule has 164 valence electrons. The van der Waals surface area contributed by atoms with E-state index in [1.165, 1.54) is 30.3 Å². The van der Waals surface area contributed by atoms with Crippen molar-refractivity contribution in [2.45, 2.75) is 24.8 Å². The van der Waals surface area contributed by atoms with Gasteiger partial charge in [0.05, 0.1) is 11.3 Å². The van der Waals surface area contributed by atoms with Crippen LogP contribution in [0.1, 0.15) is 24.2 Å². The summed E-state index contributed by atoms with van der Waals surface area (Å²) in [6.45, 7) is 3.30. The van der Waals surface area contributed by atoms with E-state index in [0.717, 1.165) is 11.8 Å². The molecule has 1 atom stereocenters. The van der Waals surface area contributed by atoms with Crippen LogP contribution < -0.4 is 16.4 Å². The van der Waals surface area contributed by atoms with Crippen molar-refractivity contribution in [3.05, 3.63) is 59.9 Å². The molecule has 0 spiro atoms. The highest BCUT2D eigenvalue weighted by molar-refractivity contribution is 8.00. The van der Waals surface area contributed by atoms with E-state index >= 15 is 0 Å². The minimum atomic E-state index is -1.22. The standard InChI is InChI=1S/C21H22FN3O5S/c1-12(2)18(19(27)25-21(23)29)30-20(28)15-5-3-4-6-16(15)31-11-17(26)24-14-9-7-13(22)8-10-14/h3-10,12,18H,11H2,1-2H3,(H,24,26)(H3,23,25,27,29). The number of nitrogens with two attached hydrogens (primary N) is 1. The van der Waals surface area contributed by atoms with Crippen molar-refractivity contribution < 1.29 is 28.3 Å². The van der Waals surface area contributed by atoms with Gasteiger partial charge < -0.3 is 15.8 Å². The largest absolute Gasteiger partial charge is 0.448 e. The van der Waals surface area contributed by atoms with Gasteiger partial charge in [-0.2, -0.15) is 0 Å². The maximum absolute atomic E-state index is 13.0. The summed E-state index contributed by atoms with van der Waals surface area (Å²) in [4.78, 5) is 48.3. The van der Waals surface area contributed by atoms with Crippen LogP contribution in [0.3, 0.4) is 0 Å². The Labute approximate surface area is 182 Å². The number of urea groups is 1. The number of esters is 1. The highest BCUT2D eigenvalue weighted by atomic mass is 32.2. The SMILES string of the molecule is CC(C)C(OC(=O)c1ccccc1SCC(=O)Nc1ccc(F)cc1)C(=O)NC(N)=O. The number of rotatable bonds is 8. The Bertz CT molecular complexity index is 966. The van der Waals surface area contributed by atoms with Crippen LogP contribution in [0.5, 0.6) is 0 Å². The molecule has 4 amide bonds. The number of primary amides is 1. The van der Waals surface area contributed by atoms with Crippen LogP contribution >= 0.6 is 11.8 Å². The van der Waals surface area contributed by atoms with Crippen molar-refractivity contribution in [3.8, 4) is 0 Å². The van der Waals surface area contributed by atoms with Gasteiger partial charge in [0.25, 0.3) is 5.91 Å². The molecule has 0 saturated heterocycles. The van der Waals surface area contributed by atoms with Gasteiger partial charge in [-0.05, 0) is 42.3 Å². The molecule has 0 fully saturated rings. The fraction of sp³-hybridized carbons (Fsp3) is 0.238. The molecule has 0 aliphatic heterocycles. The topological polar surface area (TPSA) is 128 Å². The lowest BCUT2D eigenvalue weighted by atomic mass is 10.1. The molecule has 2 rings (SSSR count). The molecule has 0 radical (unpaired) electrons. The molecule has 1 unspecified atom stereocenters. The molecule has 0 aliphatic rings. The predicted octanol–water partition coefficient (Wildman–Crippen LogP) is 2.93. The minimum absolute atomic E-state index is 0.0164. The fourth-order valence-corrected chi connectivity index (χ4v) is 3.34. The molecule has 0 saturated carbocycles. The summed E-state index contributed by atoms with van der Waals surface area (Å²) in [6, 6.07) is 10.7. The van der Waals surface area contributed by atoms with Crippen molar-refractivity contribution >= 4 is 41.3 Å². The molecule has 2 aromatic carbocycles. The molecular weight excluding hydrogens is 425 g/mol. The second kappa shape index (κ2) is 11.1. The van der Waals surface area contributed by atoms with Crippen LogP contribution in [-0.4, -0.2) is 35.7 Å². The van der Waals surface area contributed by atoms with Crippen LogP contribution in [0.4, 0.5) is 14.9 Å². The summed E-state index contributed by atoms with van der Waals surface area (Å²) in [6.07, 6.45) is -1.22. The zero-order valence-electron chi connectivity index (χ0n) is 16.9. The summed E-state index contributed by atoms with van der Waals surface area (Å²) < 4.78 is 18.3. The van der Waals surface area contributed by atoms with Crippen LogP contribution in [0.15, 0.2) is 53.4 Å². The Morgan fingerprint density at radius 2 is 1.71 bits per heavy atom. The second-order valence-electron chi connectivity index (χ2n) is 6.76. The van der Waals surface area contributed by atoms with Gasteiger partial charge in [-0.1, -0.05) is 26.0 Å². The number of imide groups is 1. The van der Waals surface area contributed by atoms with E-state index in [9.17, 15) is 23.6 Å². The number of ether oxygens (including phenoxy) is 1. The zero-order chi connectivity index (χ0) is 23.0. The zero-order valence-corrected chi connectivity index (χ0v) is 17.7. The fourth-order valence-electron chi connectivity index (χ4n) is 2.50. The van der Waals surface area contributed by atoms with Gasteiger partial charge in [-0.3, -0.25) is 14.9 Å². The van der Waals surface area contributed by atoms with E-state index < -0.39 is 35.7 Å². The average molecular weight is 447 g/mol. The van der Waals surface area contributed by atoms with E-state index in [4.69, 9.17) is 10.5 Å². The smallest absolute Gasteiger partial charge is 0.340 e. The van der Waals surface area contributed by atoms with Gasteiger partial charge in [0.2, 0.25) is 5.91 Å². The summed E-state index contributed by atoms with van der Waals surface area (Å²) in [5.74, 6) is -2.79. The first kappa shape index (κ1) is 23.9. The average Bonchev–Trinajstić information content (AvgIpc) is 2.71. The Balaban J connectivity index is 2.05. The maximum atomic E-state index is 13.0. The number of hydrogen-bond acceptors (Lipinski definition) is 6. The lowest BCUT2D eigenvalue weighted by Gasteiger charge is -2.20. The van der Waals surface area contributed by atoms with E-state index in [1.54, 1.807) is 32.0 Å². The van der Waals surface area contributed by atoms with Gasteiger partial charge >= 0.3 is 12.0 Å².